The zero-order valence-electron chi connectivity index (χ0n) is 13.3. The first-order valence-electron chi connectivity index (χ1n) is 7.74. The van der Waals surface area contributed by atoms with E-state index in [1.54, 1.807) is 40.1 Å². The molecule has 1 aliphatic rings. The number of halogens is 2. The van der Waals surface area contributed by atoms with E-state index in [1.807, 2.05) is 0 Å². The Morgan fingerprint density at radius 3 is 2.32 bits per heavy atom. The molecule has 1 aliphatic heterocycles. The zero-order valence-corrected chi connectivity index (χ0v) is 14.8. The van der Waals surface area contributed by atoms with Crippen LogP contribution in [0.15, 0.2) is 36.5 Å². The second kappa shape index (κ2) is 7.72. The van der Waals surface area contributed by atoms with Crippen LogP contribution in [-0.2, 0) is 4.79 Å². The summed E-state index contributed by atoms with van der Waals surface area (Å²) in [5, 5.41) is 4.03. The van der Waals surface area contributed by atoms with Crippen molar-refractivity contribution in [2.75, 3.05) is 31.5 Å². The average molecular weight is 379 g/mol. The molecular formula is C17H16Cl2N4O2. The summed E-state index contributed by atoms with van der Waals surface area (Å²) in [7, 11) is 0. The highest BCUT2D eigenvalue weighted by Gasteiger charge is 2.21. The Morgan fingerprint density at radius 1 is 1.08 bits per heavy atom. The van der Waals surface area contributed by atoms with Crippen LogP contribution in [0.4, 0.5) is 11.5 Å². The Morgan fingerprint density at radius 2 is 1.76 bits per heavy atom. The molecule has 1 aromatic carbocycles. The Balaban J connectivity index is 1.68. The van der Waals surface area contributed by atoms with Crippen molar-refractivity contribution in [3.63, 3.8) is 0 Å². The van der Waals surface area contributed by atoms with Crippen LogP contribution in [0.25, 0.3) is 0 Å². The minimum Gasteiger partial charge on any atom is -0.342 e. The van der Waals surface area contributed by atoms with Crippen LogP contribution >= 0.6 is 23.2 Å². The number of anilines is 2. The van der Waals surface area contributed by atoms with E-state index < -0.39 is 0 Å². The highest BCUT2D eigenvalue weighted by molar-refractivity contribution is 6.39. The molecule has 1 N–H and O–H groups in total. The first kappa shape index (κ1) is 17.5. The number of carbonyl (C=O) groups is 2. The Kier molecular flexibility index (Phi) is 5.40. The maximum Gasteiger partial charge on any atom is 0.255 e. The molecular weight excluding hydrogens is 363 g/mol. The summed E-state index contributed by atoms with van der Waals surface area (Å²) in [6.07, 6.45) is 2.32. The SMILES string of the molecule is O=CN1CCN(C(=O)c2ccc(Nc3c(Cl)cccc3Cl)nc2)CC1. The standard InChI is InChI=1S/C17H16Cl2N4O2/c18-13-2-1-3-14(19)16(13)21-15-5-4-12(10-20-15)17(25)23-8-6-22(11-24)7-9-23/h1-5,10-11H,6-9H2,(H,20,21). The van der Waals surface area contributed by atoms with Crippen LogP contribution in [0.5, 0.6) is 0 Å². The van der Waals surface area contributed by atoms with Crippen molar-refractivity contribution in [2.24, 2.45) is 0 Å². The lowest BCUT2D eigenvalue weighted by atomic mass is 10.2. The minimum atomic E-state index is -0.0969. The number of amides is 2. The number of carbonyl (C=O) groups excluding carboxylic acids is 2. The lowest BCUT2D eigenvalue weighted by Gasteiger charge is -2.32. The molecule has 2 amide bonds. The summed E-state index contributed by atoms with van der Waals surface area (Å²) in [4.78, 5) is 30.9. The summed E-state index contributed by atoms with van der Waals surface area (Å²) in [6, 6.07) is 8.62. The first-order chi connectivity index (χ1) is 12.1. The molecule has 0 bridgehead atoms. The molecule has 0 radical (unpaired) electrons. The van der Waals surface area contributed by atoms with E-state index in [0.717, 1.165) is 6.41 Å². The van der Waals surface area contributed by atoms with Gasteiger partial charge < -0.3 is 15.1 Å². The van der Waals surface area contributed by atoms with Crippen molar-refractivity contribution in [2.45, 2.75) is 0 Å². The highest BCUT2D eigenvalue weighted by Crippen LogP contribution is 2.31. The molecule has 3 rings (SSSR count). The Bertz CT molecular complexity index is 754. The molecule has 0 unspecified atom stereocenters. The van der Waals surface area contributed by atoms with E-state index in [-0.39, 0.29) is 5.91 Å². The predicted octanol–water partition coefficient (Wildman–Crippen LogP) is 3.05. The summed E-state index contributed by atoms with van der Waals surface area (Å²) >= 11 is 12.2. The largest absolute Gasteiger partial charge is 0.342 e. The van der Waals surface area contributed by atoms with Gasteiger partial charge in [-0.25, -0.2) is 4.98 Å². The van der Waals surface area contributed by atoms with E-state index in [9.17, 15) is 9.59 Å². The molecule has 1 fully saturated rings. The number of hydrogen-bond acceptors (Lipinski definition) is 4. The number of benzene rings is 1. The summed E-state index contributed by atoms with van der Waals surface area (Å²) in [5.74, 6) is 0.442. The van der Waals surface area contributed by atoms with Gasteiger partial charge in [0.25, 0.3) is 5.91 Å². The molecule has 2 heterocycles. The molecule has 0 aliphatic carbocycles. The maximum atomic E-state index is 12.5. The molecule has 8 heteroatoms. The van der Waals surface area contributed by atoms with Crippen molar-refractivity contribution in [3.05, 3.63) is 52.1 Å². The van der Waals surface area contributed by atoms with E-state index in [1.165, 1.54) is 6.20 Å². The van der Waals surface area contributed by atoms with Crippen LogP contribution in [0.3, 0.4) is 0 Å². The fraction of sp³-hybridized carbons (Fsp3) is 0.235. The number of nitrogens with zero attached hydrogens (tertiary/aromatic N) is 3. The van der Waals surface area contributed by atoms with Crippen molar-refractivity contribution in [1.29, 1.82) is 0 Å². The number of pyridine rings is 1. The monoisotopic (exact) mass is 378 g/mol. The fourth-order valence-electron chi connectivity index (χ4n) is 2.55. The smallest absolute Gasteiger partial charge is 0.255 e. The number of hydrogen-bond donors (Lipinski definition) is 1. The molecule has 0 spiro atoms. The van der Waals surface area contributed by atoms with Crippen LogP contribution in [0.2, 0.25) is 10.0 Å². The van der Waals surface area contributed by atoms with Crippen LogP contribution in [0, 0.1) is 0 Å². The topological polar surface area (TPSA) is 65.5 Å². The van der Waals surface area contributed by atoms with Gasteiger partial charge in [-0.1, -0.05) is 29.3 Å². The molecule has 1 aromatic heterocycles. The van der Waals surface area contributed by atoms with Gasteiger partial charge in [-0.15, -0.1) is 0 Å². The summed E-state index contributed by atoms with van der Waals surface area (Å²) in [6.45, 7) is 2.14. The normalized spacial score (nSPS) is 14.3. The Hall–Kier alpha value is -2.31. The van der Waals surface area contributed by atoms with E-state index in [0.29, 0.717) is 53.3 Å². The zero-order chi connectivity index (χ0) is 17.8. The van der Waals surface area contributed by atoms with Gasteiger partial charge in [0.2, 0.25) is 6.41 Å². The van der Waals surface area contributed by atoms with E-state index in [4.69, 9.17) is 23.2 Å². The van der Waals surface area contributed by atoms with Gasteiger partial charge in [0.1, 0.15) is 5.82 Å². The third kappa shape index (κ3) is 4.03. The molecule has 2 aromatic rings. The number of piperazine rings is 1. The van der Waals surface area contributed by atoms with Crippen molar-refractivity contribution >= 4 is 47.0 Å². The van der Waals surface area contributed by atoms with Crippen molar-refractivity contribution in [1.82, 2.24) is 14.8 Å². The fourth-order valence-corrected chi connectivity index (χ4v) is 3.04. The summed E-state index contributed by atoms with van der Waals surface area (Å²) < 4.78 is 0. The van der Waals surface area contributed by atoms with Gasteiger partial charge in [-0.2, -0.15) is 0 Å². The van der Waals surface area contributed by atoms with Crippen LogP contribution in [-0.4, -0.2) is 53.3 Å². The van der Waals surface area contributed by atoms with Gasteiger partial charge >= 0.3 is 0 Å². The highest BCUT2D eigenvalue weighted by atomic mass is 35.5. The quantitative estimate of drug-likeness (QED) is 0.830. The molecule has 130 valence electrons. The van der Waals surface area contributed by atoms with E-state index in [2.05, 4.69) is 10.3 Å². The third-order valence-electron chi connectivity index (χ3n) is 3.98. The van der Waals surface area contributed by atoms with Crippen LogP contribution in [0.1, 0.15) is 10.4 Å². The van der Waals surface area contributed by atoms with Crippen molar-refractivity contribution in [3.8, 4) is 0 Å². The molecule has 6 nitrogen and oxygen atoms in total. The van der Waals surface area contributed by atoms with Gasteiger partial charge in [0.15, 0.2) is 0 Å². The lowest BCUT2D eigenvalue weighted by molar-refractivity contribution is -0.119. The predicted molar refractivity (Wildman–Crippen MR) is 97.5 cm³/mol. The third-order valence-corrected chi connectivity index (χ3v) is 4.61. The Labute approximate surface area is 155 Å². The lowest BCUT2D eigenvalue weighted by Crippen LogP contribution is -2.48. The second-order valence-corrected chi connectivity index (χ2v) is 6.40. The minimum absolute atomic E-state index is 0.0969. The van der Waals surface area contributed by atoms with Crippen LogP contribution < -0.4 is 5.32 Å². The average Bonchev–Trinajstić information content (AvgIpc) is 2.65. The number of nitrogens with one attached hydrogen (secondary N) is 1. The van der Waals surface area contributed by atoms with Gasteiger partial charge in [0, 0.05) is 32.4 Å². The number of rotatable bonds is 4. The summed E-state index contributed by atoms with van der Waals surface area (Å²) in [5.41, 5.74) is 1.07. The maximum absolute atomic E-state index is 12.5. The van der Waals surface area contributed by atoms with Gasteiger partial charge in [0.05, 0.1) is 21.3 Å². The molecule has 0 atom stereocenters. The van der Waals surface area contributed by atoms with E-state index >= 15 is 0 Å². The van der Waals surface area contributed by atoms with Gasteiger partial charge in [-0.05, 0) is 24.3 Å². The molecule has 25 heavy (non-hydrogen) atoms. The number of aromatic nitrogens is 1. The first-order valence-corrected chi connectivity index (χ1v) is 8.50. The number of para-hydroxylation sites is 1. The molecule has 0 saturated carbocycles. The molecule has 1 saturated heterocycles. The van der Waals surface area contributed by atoms with Gasteiger partial charge in [-0.3, -0.25) is 9.59 Å². The van der Waals surface area contributed by atoms with Crippen molar-refractivity contribution < 1.29 is 9.59 Å². The second-order valence-electron chi connectivity index (χ2n) is 5.59.